The Hall–Kier alpha value is -2.22. The minimum Gasteiger partial charge on any atom is -0.248 e. The zero-order chi connectivity index (χ0) is 12.5. The quantitative estimate of drug-likeness (QED) is 0.613. The van der Waals surface area contributed by atoms with Crippen LogP contribution in [0.3, 0.4) is 0 Å². The summed E-state index contributed by atoms with van der Waals surface area (Å²) in [5, 5.41) is 0.564. The van der Waals surface area contributed by atoms with E-state index in [4.69, 9.17) is 0 Å². The van der Waals surface area contributed by atoms with Gasteiger partial charge in [-0.05, 0) is 37.3 Å². The minimum atomic E-state index is -0.226. The second kappa shape index (κ2) is 4.22. The molecule has 88 valence electrons. The van der Waals surface area contributed by atoms with Crippen LogP contribution in [0.25, 0.3) is 22.2 Å². The maximum absolute atomic E-state index is 13.5. The highest BCUT2D eigenvalue weighted by atomic mass is 19.1. The van der Waals surface area contributed by atoms with E-state index in [2.05, 4.69) is 11.1 Å². The molecule has 18 heavy (non-hydrogen) atoms. The Labute approximate surface area is 105 Å². The number of aromatic nitrogens is 1. The molecule has 1 heterocycles. The molecule has 0 fully saturated rings. The highest BCUT2D eigenvalue weighted by Crippen LogP contribution is 2.23. The number of hydrogen-bond acceptors (Lipinski definition) is 1. The number of pyridine rings is 1. The summed E-state index contributed by atoms with van der Waals surface area (Å²) in [5.41, 5.74) is 3.81. The van der Waals surface area contributed by atoms with Gasteiger partial charge < -0.3 is 0 Å². The van der Waals surface area contributed by atoms with Crippen LogP contribution < -0.4 is 0 Å². The van der Waals surface area contributed by atoms with E-state index in [0.717, 1.165) is 11.3 Å². The molecule has 0 radical (unpaired) electrons. The molecule has 0 atom stereocenters. The monoisotopic (exact) mass is 237 g/mol. The molecule has 0 aliphatic heterocycles. The molecular formula is C16H12FN. The summed E-state index contributed by atoms with van der Waals surface area (Å²) >= 11 is 0. The first kappa shape index (κ1) is 10.9. The van der Waals surface area contributed by atoms with Gasteiger partial charge in [0.05, 0.1) is 11.2 Å². The predicted molar refractivity (Wildman–Crippen MR) is 71.9 cm³/mol. The first-order chi connectivity index (χ1) is 8.74. The van der Waals surface area contributed by atoms with Crippen molar-refractivity contribution in [3.05, 3.63) is 66.0 Å². The maximum Gasteiger partial charge on any atom is 0.132 e. The SMILES string of the molecule is Cc1cccc(-c2ccc3c(F)cccc3n2)c1. The van der Waals surface area contributed by atoms with Crippen LogP contribution in [-0.4, -0.2) is 4.98 Å². The van der Waals surface area contributed by atoms with Crippen molar-refractivity contribution >= 4 is 10.9 Å². The summed E-state index contributed by atoms with van der Waals surface area (Å²) in [6.45, 7) is 2.05. The summed E-state index contributed by atoms with van der Waals surface area (Å²) < 4.78 is 13.5. The Balaban J connectivity index is 2.20. The van der Waals surface area contributed by atoms with E-state index in [1.54, 1.807) is 12.1 Å². The van der Waals surface area contributed by atoms with Crippen LogP contribution in [0.4, 0.5) is 4.39 Å². The lowest BCUT2D eigenvalue weighted by Gasteiger charge is -2.04. The topological polar surface area (TPSA) is 12.9 Å². The molecule has 2 aromatic carbocycles. The fourth-order valence-corrected chi connectivity index (χ4v) is 2.08. The second-order valence-electron chi connectivity index (χ2n) is 4.37. The Morgan fingerprint density at radius 1 is 0.944 bits per heavy atom. The molecule has 1 aromatic heterocycles. The molecule has 0 N–H and O–H groups in total. The van der Waals surface area contributed by atoms with E-state index in [1.165, 1.54) is 11.6 Å². The van der Waals surface area contributed by atoms with Crippen molar-refractivity contribution in [3.63, 3.8) is 0 Å². The summed E-state index contributed by atoms with van der Waals surface area (Å²) in [5.74, 6) is -0.226. The molecule has 0 aliphatic carbocycles. The lowest BCUT2D eigenvalue weighted by molar-refractivity contribution is 0.639. The largest absolute Gasteiger partial charge is 0.248 e. The summed E-state index contributed by atoms with van der Waals surface area (Å²) in [7, 11) is 0. The third-order valence-electron chi connectivity index (χ3n) is 2.99. The molecule has 0 amide bonds. The van der Waals surface area contributed by atoms with Gasteiger partial charge in [-0.1, -0.05) is 29.8 Å². The number of nitrogens with zero attached hydrogens (tertiary/aromatic N) is 1. The maximum atomic E-state index is 13.5. The first-order valence-electron chi connectivity index (χ1n) is 5.86. The van der Waals surface area contributed by atoms with Crippen LogP contribution in [0.5, 0.6) is 0 Å². The number of benzene rings is 2. The number of halogens is 1. The predicted octanol–water partition coefficient (Wildman–Crippen LogP) is 4.35. The van der Waals surface area contributed by atoms with Crippen molar-refractivity contribution < 1.29 is 4.39 Å². The summed E-state index contributed by atoms with van der Waals surface area (Å²) in [6.07, 6.45) is 0. The summed E-state index contributed by atoms with van der Waals surface area (Å²) in [4.78, 5) is 4.51. The molecule has 0 saturated carbocycles. The van der Waals surface area contributed by atoms with Gasteiger partial charge in [0.25, 0.3) is 0 Å². The van der Waals surface area contributed by atoms with E-state index in [1.807, 2.05) is 37.3 Å². The van der Waals surface area contributed by atoms with Crippen molar-refractivity contribution in [3.8, 4) is 11.3 Å². The van der Waals surface area contributed by atoms with Gasteiger partial charge in [-0.3, -0.25) is 0 Å². The smallest absolute Gasteiger partial charge is 0.132 e. The molecule has 0 aliphatic rings. The van der Waals surface area contributed by atoms with Crippen LogP contribution in [0, 0.1) is 12.7 Å². The molecular weight excluding hydrogens is 225 g/mol. The van der Waals surface area contributed by atoms with E-state index in [-0.39, 0.29) is 5.82 Å². The third kappa shape index (κ3) is 1.86. The Morgan fingerprint density at radius 3 is 2.61 bits per heavy atom. The zero-order valence-electron chi connectivity index (χ0n) is 10.0. The van der Waals surface area contributed by atoms with E-state index >= 15 is 0 Å². The molecule has 3 rings (SSSR count). The van der Waals surface area contributed by atoms with Gasteiger partial charge in [-0.15, -0.1) is 0 Å². The molecule has 3 aromatic rings. The van der Waals surface area contributed by atoms with Crippen molar-refractivity contribution in [1.82, 2.24) is 4.98 Å². The van der Waals surface area contributed by atoms with E-state index < -0.39 is 0 Å². The zero-order valence-corrected chi connectivity index (χ0v) is 10.0. The van der Waals surface area contributed by atoms with Crippen molar-refractivity contribution in [2.75, 3.05) is 0 Å². The molecule has 0 bridgehead atoms. The van der Waals surface area contributed by atoms with Crippen LogP contribution in [0.1, 0.15) is 5.56 Å². The highest BCUT2D eigenvalue weighted by molar-refractivity contribution is 5.82. The standard InChI is InChI=1S/C16H12FN/c1-11-4-2-5-12(10-11)15-9-8-13-14(17)6-3-7-16(13)18-15/h2-10H,1H3. The third-order valence-corrected chi connectivity index (χ3v) is 2.99. The van der Waals surface area contributed by atoms with Gasteiger partial charge >= 0.3 is 0 Å². The van der Waals surface area contributed by atoms with Gasteiger partial charge in [0.15, 0.2) is 0 Å². The first-order valence-corrected chi connectivity index (χ1v) is 5.86. The molecule has 0 unspecified atom stereocenters. The minimum absolute atomic E-state index is 0.226. The van der Waals surface area contributed by atoms with Crippen molar-refractivity contribution in [1.29, 1.82) is 0 Å². The average molecular weight is 237 g/mol. The van der Waals surface area contributed by atoms with Crippen molar-refractivity contribution in [2.24, 2.45) is 0 Å². The normalized spacial score (nSPS) is 10.8. The Morgan fingerprint density at radius 2 is 1.78 bits per heavy atom. The molecule has 0 spiro atoms. The van der Waals surface area contributed by atoms with E-state index in [9.17, 15) is 4.39 Å². The Bertz CT molecular complexity index is 719. The fraction of sp³-hybridized carbons (Fsp3) is 0.0625. The number of rotatable bonds is 1. The molecule has 1 nitrogen and oxygen atoms in total. The fourth-order valence-electron chi connectivity index (χ4n) is 2.08. The van der Waals surface area contributed by atoms with Crippen LogP contribution in [-0.2, 0) is 0 Å². The number of fused-ring (bicyclic) bond motifs is 1. The van der Waals surface area contributed by atoms with Crippen LogP contribution in [0.15, 0.2) is 54.6 Å². The second-order valence-corrected chi connectivity index (χ2v) is 4.37. The van der Waals surface area contributed by atoms with Crippen LogP contribution in [0.2, 0.25) is 0 Å². The summed E-state index contributed by atoms with van der Waals surface area (Å²) in [6, 6.07) is 16.8. The Kier molecular flexibility index (Phi) is 2.56. The number of aryl methyl sites for hydroxylation is 1. The number of hydrogen-bond donors (Lipinski definition) is 0. The van der Waals surface area contributed by atoms with Gasteiger partial charge in [0.2, 0.25) is 0 Å². The van der Waals surface area contributed by atoms with Crippen molar-refractivity contribution in [2.45, 2.75) is 6.92 Å². The lowest BCUT2D eigenvalue weighted by atomic mass is 10.1. The van der Waals surface area contributed by atoms with Gasteiger partial charge in [0, 0.05) is 10.9 Å². The van der Waals surface area contributed by atoms with Gasteiger partial charge in [0.1, 0.15) is 5.82 Å². The molecule has 0 saturated heterocycles. The average Bonchev–Trinajstić information content (AvgIpc) is 2.39. The lowest BCUT2D eigenvalue weighted by Crippen LogP contribution is -1.87. The van der Waals surface area contributed by atoms with Crippen LogP contribution >= 0.6 is 0 Å². The molecule has 2 heteroatoms. The highest BCUT2D eigenvalue weighted by Gasteiger charge is 2.04. The van der Waals surface area contributed by atoms with E-state index in [0.29, 0.717) is 10.9 Å². The van der Waals surface area contributed by atoms with Gasteiger partial charge in [-0.25, -0.2) is 9.37 Å². The van der Waals surface area contributed by atoms with Gasteiger partial charge in [-0.2, -0.15) is 0 Å².